The van der Waals surface area contributed by atoms with E-state index in [1.165, 1.54) is 12.1 Å². The topological polar surface area (TPSA) is 58.2 Å². The molecule has 1 aliphatic rings. The molecule has 0 radical (unpaired) electrons. The lowest BCUT2D eigenvalue weighted by Gasteiger charge is -2.27. The summed E-state index contributed by atoms with van der Waals surface area (Å²) in [5.41, 5.74) is 4.09. The van der Waals surface area contributed by atoms with E-state index in [-0.39, 0.29) is 29.5 Å². The highest BCUT2D eigenvalue weighted by Gasteiger charge is 2.29. The second-order valence-electron chi connectivity index (χ2n) is 8.08. The zero-order chi connectivity index (χ0) is 20.8. The molecule has 2 N–H and O–H groups in total. The van der Waals surface area contributed by atoms with Crippen LogP contribution in [0.25, 0.3) is 0 Å². The smallest absolute Gasteiger partial charge is 0.227 e. The zero-order valence-corrected chi connectivity index (χ0v) is 17.1. The van der Waals surface area contributed by atoms with Crippen molar-refractivity contribution in [2.45, 2.75) is 46.0 Å². The molecule has 1 fully saturated rings. The summed E-state index contributed by atoms with van der Waals surface area (Å²) >= 11 is 0. The van der Waals surface area contributed by atoms with Gasteiger partial charge in [-0.25, -0.2) is 4.39 Å². The highest BCUT2D eigenvalue weighted by Crippen LogP contribution is 2.30. The van der Waals surface area contributed by atoms with Crippen molar-refractivity contribution in [3.8, 4) is 0 Å². The van der Waals surface area contributed by atoms with Gasteiger partial charge in [-0.3, -0.25) is 9.59 Å². The van der Waals surface area contributed by atoms with Crippen molar-refractivity contribution < 1.29 is 14.0 Å². The van der Waals surface area contributed by atoms with Crippen LogP contribution in [0.1, 0.15) is 42.4 Å². The van der Waals surface area contributed by atoms with Crippen molar-refractivity contribution >= 4 is 17.5 Å². The predicted octanol–water partition coefficient (Wildman–Crippen LogP) is 4.55. The molecule has 0 heterocycles. The molecule has 0 saturated heterocycles. The molecular formula is C24H29FN2O2. The lowest BCUT2D eigenvalue weighted by Crippen LogP contribution is -2.36. The molecule has 2 amide bonds. The average Bonchev–Trinajstić information content (AvgIpc) is 2.68. The third kappa shape index (κ3) is 6.14. The average molecular weight is 397 g/mol. The van der Waals surface area contributed by atoms with Crippen molar-refractivity contribution in [3.05, 3.63) is 65.0 Å². The van der Waals surface area contributed by atoms with Gasteiger partial charge in [0.05, 0.1) is 0 Å². The lowest BCUT2D eigenvalue weighted by molar-refractivity contribution is -0.128. The summed E-state index contributed by atoms with van der Waals surface area (Å²) in [7, 11) is 0. The number of halogens is 1. The van der Waals surface area contributed by atoms with Crippen LogP contribution in [-0.4, -0.2) is 18.4 Å². The van der Waals surface area contributed by atoms with Crippen LogP contribution in [0.3, 0.4) is 0 Å². The molecule has 0 aliphatic heterocycles. The largest absolute Gasteiger partial charge is 0.356 e. The summed E-state index contributed by atoms with van der Waals surface area (Å²) in [6, 6.07) is 12.4. The second-order valence-corrected chi connectivity index (χ2v) is 8.08. The normalized spacial score (nSPS) is 18.9. The number of carbonyl (C=O) groups is 2. The van der Waals surface area contributed by atoms with Gasteiger partial charge < -0.3 is 10.6 Å². The summed E-state index contributed by atoms with van der Waals surface area (Å²) in [6.45, 7) is 4.57. The van der Waals surface area contributed by atoms with Gasteiger partial charge in [0.2, 0.25) is 11.8 Å². The highest BCUT2D eigenvalue weighted by atomic mass is 19.1. The molecule has 1 aliphatic carbocycles. The predicted molar refractivity (Wildman–Crippen MR) is 113 cm³/mol. The molecule has 0 atom stereocenters. The Balaban J connectivity index is 1.41. The van der Waals surface area contributed by atoms with E-state index in [4.69, 9.17) is 0 Å². The second kappa shape index (κ2) is 9.68. The Bertz CT molecular complexity index is 835. The van der Waals surface area contributed by atoms with Gasteiger partial charge in [-0.2, -0.15) is 0 Å². The van der Waals surface area contributed by atoms with Crippen molar-refractivity contribution in [2.75, 3.05) is 11.9 Å². The van der Waals surface area contributed by atoms with E-state index in [1.807, 2.05) is 26.0 Å². The fourth-order valence-corrected chi connectivity index (χ4v) is 4.03. The van der Waals surface area contributed by atoms with Gasteiger partial charge in [0.25, 0.3) is 0 Å². The van der Waals surface area contributed by atoms with E-state index in [9.17, 15) is 14.0 Å². The van der Waals surface area contributed by atoms with Gasteiger partial charge in [0.1, 0.15) is 5.82 Å². The minimum absolute atomic E-state index is 0.0338. The lowest BCUT2D eigenvalue weighted by atomic mass is 9.81. The molecule has 29 heavy (non-hydrogen) atoms. The first kappa shape index (κ1) is 21.0. The number of rotatable bonds is 6. The number of benzene rings is 2. The molecule has 5 heteroatoms. The number of hydrogen-bond donors (Lipinski definition) is 2. The number of amides is 2. The van der Waals surface area contributed by atoms with Gasteiger partial charge in [0.15, 0.2) is 0 Å². The molecule has 0 bridgehead atoms. The fourth-order valence-electron chi connectivity index (χ4n) is 4.03. The minimum atomic E-state index is -0.254. The maximum absolute atomic E-state index is 12.9. The van der Waals surface area contributed by atoms with Gasteiger partial charge >= 0.3 is 0 Å². The molecule has 1 saturated carbocycles. The third-order valence-corrected chi connectivity index (χ3v) is 5.58. The number of anilines is 1. The van der Waals surface area contributed by atoms with Crippen molar-refractivity contribution in [1.29, 1.82) is 0 Å². The van der Waals surface area contributed by atoms with Gasteiger partial charge in [-0.15, -0.1) is 0 Å². The van der Waals surface area contributed by atoms with Crippen LogP contribution < -0.4 is 10.6 Å². The van der Waals surface area contributed by atoms with Gasteiger partial charge in [0, 0.05) is 24.1 Å². The summed E-state index contributed by atoms with van der Waals surface area (Å²) in [5.74, 6) is -0.228. The SMILES string of the molecule is Cc1cc(C)cc(NC(=O)C2CCC(C(=O)NCCc3ccc(F)cc3)CC2)c1. The monoisotopic (exact) mass is 396 g/mol. The first-order valence-corrected chi connectivity index (χ1v) is 10.3. The standard InChI is InChI=1S/C24H29FN2O2/c1-16-13-17(2)15-22(14-16)27-24(29)20-7-5-19(6-8-20)23(28)26-12-11-18-3-9-21(25)10-4-18/h3-4,9-10,13-15,19-20H,5-8,11-12H2,1-2H3,(H,26,28)(H,27,29). The minimum Gasteiger partial charge on any atom is -0.356 e. The van der Waals surface area contributed by atoms with Crippen LogP contribution in [0.4, 0.5) is 10.1 Å². The Hall–Kier alpha value is -2.69. The van der Waals surface area contributed by atoms with E-state index in [1.54, 1.807) is 12.1 Å². The number of carbonyl (C=O) groups excluding carboxylic acids is 2. The summed E-state index contributed by atoms with van der Waals surface area (Å²) in [5, 5.41) is 6.01. The van der Waals surface area contributed by atoms with Crippen molar-refractivity contribution in [3.63, 3.8) is 0 Å². The Morgan fingerprint density at radius 1 is 0.897 bits per heavy atom. The first-order chi connectivity index (χ1) is 13.9. The molecule has 3 rings (SSSR count). The molecule has 154 valence electrons. The van der Waals surface area contributed by atoms with Crippen LogP contribution in [0, 0.1) is 31.5 Å². The maximum atomic E-state index is 12.9. The van der Waals surface area contributed by atoms with E-state index in [0.29, 0.717) is 13.0 Å². The molecule has 0 unspecified atom stereocenters. The van der Waals surface area contributed by atoms with Crippen molar-refractivity contribution in [1.82, 2.24) is 5.32 Å². The van der Waals surface area contributed by atoms with Crippen LogP contribution in [0.2, 0.25) is 0 Å². The molecule has 2 aromatic carbocycles. The number of aryl methyl sites for hydroxylation is 2. The van der Waals surface area contributed by atoms with Gasteiger partial charge in [-0.05, 0) is 86.9 Å². The Kier molecular flexibility index (Phi) is 7.02. The van der Waals surface area contributed by atoms with Crippen LogP contribution >= 0.6 is 0 Å². The molecule has 4 nitrogen and oxygen atoms in total. The molecule has 0 spiro atoms. The van der Waals surface area contributed by atoms with Crippen LogP contribution in [0.15, 0.2) is 42.5 Å². The zero-order valence-electron chi connectivity index (χ0n) is 17.1. The van der Waals surface area contributed by atoms with Gasteiger partial charge in [-0.1, -0.05) is 18.2 Å². The van der Waals surface area contributed by atoms with E-state index in [0.717, 1.165) is 48.1 Å². The molecular weight excluding hydrogens is 367 g/mol. The molecule has 2 aromatic rings. The van der Waals surface area contributed by atoms with E-state index < -0.39 is 0 Å². The Morgan fingerprint density at radius 2 is 1.45 bits per heavy atom. The summed E-state index contributed by atoms with van der Waals surface area (Å²) in [4.78, 5) is 25.0. The molecule has 0 aromatic heterocycles. The fraction of sp³-hybridized carbons (Fsp3) is 0.417. The van der Waals surface area contributed by atoms with Crippen LogP contribution in [0.5, 0.6) is 0 Å². The third-order valence-electron chi connectivity index (χ3n) is 5.58. The first-order valence-electron chi connectivity index (χ1n) is 10.3. The Morgan fingerprint density at radius 3 is 2.03 bits per heavy atom. The number of hydrogen-bond acceptors (Lipinski definition) is 2. The number of nitrogens with one attached hydrogen (secondary N) is 2. The maximum Gasteiger partial charge on any atom is 0.227 e. The van der Waals surface area contributed by atoms with E-state index >= 15 is 0 Å². The highest BCUT2D eigenvalue weighted by molar-refractivity contribution is 5.93. The Labute approximate surface area is 171 Å². The summed E-state index contributed by atoms with van der Waals surface area (Å²) < 4.78 is 12.9. The van der Waals surface area contributed by atoms with Crippen molar-refractivity contribution in [2.24, 2.45) is 11.8 Å². The summed E-state index contributed by atoms with van der Waals surface area (Å²) in [6.07, 6.45) is 3.60. The van der Waals surface area contributed by atoms with Crippen LogP contribution in [-0.2, 0) is 16.0 Å². The quantitative estimate of drug-likeness (QED) is 0.753. The van der Waals surface area contributed by atoms with E-state index in [2.05, 4.69) is 16.7 Å².